The maximum absolute atomic E-state index is 14.2. The topological polar surface area (TPSA) is 59.7 Å². The lowest BCUT2D eigenvalue weighted by Gasteiger charge is -2.18. The molecule has 0 bridgehead atoms. The number of para-hydroxylation sites is 1. The number of aromatic nitrogens is 3. The van der Waals surface area contributed by atoms with Crippen molar-refractivity contribution in [2.45, 2.75) is 0 Å². The van der Waals surface area contributed by atoms with E-state index in [0.717, 1.165) is 17.0 Å². The van der Waals surface area contributed by atoms with Gasteiger partial charge < -0.3 is 9.64 Å². The van der Waals surface area contributed by atoms with E-state index in [1.807, 2.05) is 0 Å². The van der Waals surface area contributed by atoms with Gasteiger partial charge in [-0.05, 0) is 30.3 Å². The first-order valence-corrected chi connectivity index (χ1v) is 9.30. The number of carbonyl (C=O) groups is 1. The summed E-state index contributed by atoms with van der Waals surface area (Å²) in [6, 6.07) is 9.28. The molecule has 0 unspecified atom stereocenters. The molecule has 2 aromatic heterocycles. The van der Waals surface area contributed by atoms with E-state index >= 15 is 0 Å². The molecule has 30 heavy (non-hydrogen) atoms. The van der Waals surface area contributed by atoms with E-state index in [0.29, 0.717) is 6.07 Å². The van der Waals surface area contributed by atoms with E-state index in [4.69, 9.17) is 27.9 Å². The highest BCUT2D eigenvalue weighted by atomic mass is 35.5. The van der Waals surface area contributed by atoms with Crippen molar-refractivity contribution in [1.82, 2.24) is 14.4 Å². The van der Waals surface area contributed by atoms with Crippen molar-refractivity contribution < 1.29 is 18.3 Å². The lowest BCUT2D eigenvalue weighted by atomic mass is 10.2. The van der Waals surface area contributed by atoms with Gasteiger partial charge in [0, 0.05) is 25.5 Å². The van der Waals surface area contributed by atoms with Gasteiger partial charge in [0.15, 0.2) is 11.4 Å². The van der Waals surface area contributed by atoms with Gasteiger partial charge in [-0.1, -0.05) is 29.3 Å². The van der Waals surface area contributed by atoms with Crippen LogP contribution in [0.5, 0.6) is 11.6 Å². The average molecular weight is 449 g/mol. The van der Waals surface area contributed by atoms with Crippen LogP contribution in [0.1, 0.15) is 10.5 Å². The Morgan fingerprint density at radius 1 is 1.13 bits per heavy atom. The third kappa shape index (κ3) is 3.55. The molecule has 1 amide bonds. The molecule has 0 atom stereocenters. The van der Waals surface area contributed by atoms with E-state index in [1.54, 1.807) is 30.5 Å². The Hall–Kier alpha value is -3.23. The fraction of sp³-hybridized carbons (Fsp3) is 0.0500. The minimum absolute atomic E-state index is 0.0414. The summed E-state index contributed by atoms with van der Waals surface area (Å²) in [6.07, 6.45) is 3.05. The van der Waals surface area contributed by atoms with Crippen molar-refractivity contribution in [3.63, 3.8) is 0 Å². The molecule has 0 fully saturated rings. The monoisotopic (exact) mass is 448 g/mol. The summed E-state index contributed by atoms with van der Waals surface area (Å²) < 4.78 is 34.7. The number of fused-ring (bicyclic) bond motifs is 1. The molecule has 6 nitrogen and oxygen atoms in total. The first-order valence-electron chi connectivity index (χ1n) is 8.55. The number of hydrogen-bond acceptors (Lipinski definition) is 4. The normalized spacial score (nSPS) is 11.0. The molecule has 2 heterocycles. The van der Waals surface area contributed by atoms with Gasteiger partial charge >= 0.3 is 0 Å². The van der Waals surface area contributed by atoms with Gasteiger partial charge in [-0.25, -0.2) is 13.8 Å². The molecule has 2 aromatic carbocycles. The third-order valence-electron chi connectivity index (χ3n) is 4.27. The zero-order valence-electron chi connectivity index (χ0n) is 15.3. The predicted octanol–water partition coefficient (Wildman–Crippen LogP) is 5.38. The maximum Gasteiger partial charge on any atom is 0.280 e. The number of anilines is 1. The van der Waals surface area contributed by atoms with E-state index < -0.39 is 17.5 Å². The fourth-order valence-corrected chi connectivity index (χ4v) is 3.31. The molecule has 4 rings (SSSR count). The number of ether oxygens (including phenoxy) is 1. The highest BCUT2D eigenvalue weighted by Gasteiger charge is 2.27. The van der Waals surface area contributed by atoms with Gasteiger partial charge in [0.1, 0.15) is 11.6 Å². The Bertz CT molecular complexity index is 1260. The van der Waals surface area contributed by atoms with Crippen molar-refractivity contribution in [3.05, 3.63) is 82.2 Å². The number of nitrogens with zero attached hydrogens (tertiary/aromatic N) is 4. The molecular formula is C20H12Cl2F2N4O2. The largest absolute Gasteiger partial charge is 0.434 e. The smallest absolute Gasteiger partial charge is 0.280 e. The van der Waals surface area contributed by atoms with Crippen LogP contribution < -0.4 is 9.64 Å². The second-order valence-corrected chi connectivity index (χ2v) is 6.98. The quantitative estimate of drug-likeness (QED) is 0.420. The molecule has 0 saturated heterocycles. The van der Waals surface area contributed by atoms with Crippen molar-refractivity contribution in [3.8, 4) is 11.6 Å². The van der Waals surface area contributed by atoms with Crippen LogP contribution in [0.25, 0.3) is 5.78 Å². The summed E-state index contributed by atoms with van der Waals surface area (Å²) in [6.45, 7) is 0. The van der Waals surface area contributed by atoms with Crippen molar-refractivity contribution in [2.24, 2.45) is 0 Å². The van der Waals surface area contributed by atoms with Gasteiger partial charge in [0.05, 0.1) is 15.7 Å². The van der Waals surface area contributed by atoms with E-state index in [9.17, 15) is 13.6 Å². The number of halogens is 4. The van der Waals surface area contributed by atoms with Gasteiger partial charge in [-0.15, -0.1) is 0 Å². The second-order valence-electron chi connectivity index (χ2n) is 6.17. The first kappa shape index (κ1) is 20.1. The van der Waals surface area contributed by atoms with Crippen LogP contribution in [0.2, 0.25) is 10.0 Å². The minimum atomic E-state index is -0.894. The predicted molar refractivity (Wildman–Crippen MR) is 109 cm³/mol. The Morgan fingerprint density at radius 2 is 1.87 bits per heavy atom. The van der Waals surface area contributed by atoms with Crippen molar-refractivity contribution in [1.29, 1.82) is 0 Å². The molecule has 0 spiro atoms. The zero-order valence-corrected chi connectivity index (χ0v) is 16.8. The Balaban J connectivity index is 1.83. The van der Waals surface area contributed by atoms with Gasteiger partial charge in [0.2, 0.25) is 5.78 Å². The lowest BCUT2D eigenvalue weighted by molar-refractivity contribution is 0.0984. The van der Waals surface area contributed by atoms with Crippen LogP contribution in [-0.4, -0.2) is 27.3 Å². The summed E-state index contributed by atoms with van der Waals surface area (Å²) in [5.41, 5.74) is -0.165. The summed E-state index contributed by atoms with van der Waals surface area (Å²) in [7, 11) is 1.35. The standard InChI is InChI=1S/C20H12Cl2F2N4O2/c1-27(15-7-6-11(23)10-14(15)24)19(29)16-18(26-20-25-8-3-9-28(16)20)30-17-12(21)4-2-5-13(17)22/h2-10H,1H3. The third-order valence-corrected chi connectivity index (χ3v) is 4.86. The van der Waals surface area contributed by atoms with Crippen LogP contribution in [-0.2, 0) is 0 Å². The van der Waals surface area contributed by atoms with Crippen LogP contribution in [0.4, 0.5) is 14.5 Å². The second kappa shape index (κ2) is 7.89. The Kier molecular flexibility index (Phi) is 5.27. The lowest BCUT2D eigenvalue weighted by Crippen LogP contribution is -2.28. The molecule has 0 radical (unpaired) electrons. The SMILES string of the molecule is CN(C(=O)c1c(Oc2c(Cl)cccc2Cl)nc2ncccn12)c1ccc(F)cc1F. The molecule has 0 aliphatic carbocycles. The fourth-order valence-electron chi connectivity index (χ4n) is 2.83. The molecule has 0 aliphatic heterocycles. The summed E-state index contributed by atoms with van der Waals surface area (Å²) in [5, 5.41) is 0.424. The molecule has 0 saturated carbocycles. The molecule has 0 aliphatic rings. The summed E-state index contributed by atoms with van der Waals surface area (Å²) in [5.74, 6) is -2.16. The van der Waals surface area contributed by atoms with Gasteiger partial charge in [0.25, 0.3) is 11.8 Å². The van der Waals surface area contributed by atoms with E-state index in [1.165, 1.54) is 17.6 Å². The molecule has 10 heteroatoms. The molecular weight excluding hydrogens is 437 g/mol. The average Bonchev–Trinajstić information content (AvgIpc) is 3.08. The highest BCUT2D eigenvalue weighted by Crippen LogP contribution is 2.37. The van der Waals surface area contributed by atoms with Gasteiger partial charge in [-0.3, -0.25) is 9.20 Å². The summed E-state index contributed by atoms with van der Waals surface area (Å²) in [4.78, 5) is 22.6. The molecule has 0 N–H and O–H groups in total. The number of amides is 1. The summed E-state index contributed by atoms with van der Waals surface area (Å²) >= 11 is 12.3. The number of hydrogen-bond donors (Lipinski definition) is 0. The number of rotatable bonds is 4. The van der Waals surface area contributed by atoms with Crippen LogP contribution in [0, 0.1) is 11.6 Å². The number of carbonyl (C=O) groups excluding carboxylic acids is 1. The number of benzene rings is 2. The van der Waals surface area contributed by atoms with Crippen LogP contribution in [0.3, 0.4) is 0 Å². The van der Waals surface area contributed by atoms with E-state index in [-0.39, 0.29) is 38.8 Å². The Labute approximate surface area is 179 Å². The highest BCUT2D eigenvalue weighted by molar-refractivity contribution is 6.37. The van der Waals surface area contributed by atoms with Crippen molar-refractivity contribution >= 4 is 40.6 Å². The maximum atomic E-state index is 14.2. The van der Waals surface area contributed by atoms with Crippen LogP contribution >= 0.6 is 23.2 Å². The van der Waals surface area contributed by atoms with E-state index in [2.05, 4.69) is 9.97 Å². The first-order chi connectivity index (χ1) is 14.4. The van der Waals surface area contributed by atoms with Gasteiger partial charge in [-0.2, -0.15) is 4.98 Å². The Morgan fingerprint density at radius 3 is 2.57 bits per heavy atom. The van der Waals surface area contributed by atoms with Crippen molar-refractivity contribution in [2.75, 3.05) is 11.9 Å². The number of imidazole rings is 1. The molecule has 4 aromatic rings. The molecule has 152 valence electrons. The van der Waals surface area contributed by atoms with Crippen LogP contribution in [0.15, 0.2) is 54.9 Å². The minimum Gasteiger partial charge on any atom is -0.434 e. The zero-order chi connectivity index (χ0) is 21.4.